The van der Waals surface area contributed by atoms with Gasteiger partial charge >= 0.3 is 0 Å². The van der Waals surface area contributed by atoms with Crippen molar-refractivity contribution in [3.8, 4) is 0 Å². The average Bonchev–Trinajstić information content (AvgIpc) is 2.79. The highest BCUT2D eigenvalue weighted by Crippen LogP contribution is 2.34. The number of sulfone groups is 1. The molecule has 0 bridgehead atoms. The molecule has 0 aromatic carbocycles. The highest BCUT2D eigenvalue weighted by atomic mass is 79.9. The van der Waals surface area contributed by atoms with Crippen molar-refractivity contribution in [1.29, 1.82) is 0 Å². The lowest BCUT2D eigenvalue weighted by Gasteiger charge is -2.03. The van der Waals surface area contributed by atoms with Gasteiger partial charge < -0.3 is 4.40 Å². The van der Waals surface area contributed by atoms with Gasteiger partial charge in [0.2, 0.25) is 0 Å². The van der Waals surface area contributed by atoms with Crippen molar-refractivity contribution in [1.82, 2.24) is 9.38 Å². The molecule has 2 aromatic heterocycles. The predicted molar refractivity (Wildman–Crippen MR) is 68.7 cm³/mol. The van der Waals surface area contributed by atoms with Crippen LogP contribution in [0.5, 0.6) is 0 Å². The first-order valence-electron chi connectivity index (χ1n) is 5.42. The minimum atomic E-state index is -2.99. The summed E-state index contributed by atoms with van der Waals surface area (Å²) in [5, 5.41) is -0.416. The molecule has 1 saturated heterocycles. The van der Waals surface area contributed by atoms with E-state index in [1.54, 1.807) is 0 Å². The zero-order chi connectivity index (χ0) is 12.0. The molecule has 0 amide bonds. The molecule has 4 nitrogen and oxygen atoms in total. The summed E-state index contributed by atoms with van der Waals surface area (Å²) in [5.74, 6) is 0.287. The van der Waals surface area contributed by atoms with Crippen LogP contribution in [0.2, 0.25) is 0 Å². The van der Waals surface area contributed by atoms with E-state index in [-0.39, 0.29) is 5.75 Å². The van der Waals surface area contributed by atoms with E-state index in [9.17, 15) is 8.42 Å². The number of imidazole rings is 1. The van der Waals surface area contributed by atoms with Crippen molar-refractivity contribution in [2.75, 3.05) is 5.75 Å². The van der Waals surface area contributed by atoms with Crippen LogP contribution >= 0.6 is 15.9 Å². The summed E-state index contributed by atoms with van der Waals surface area (Å²) in [6.45, 7) is 0. The minimum absolute atomic E-state index is 0.287. The summed E-state index contributed by atoms with van der Waals surface area (Å²) in [6.07, 6.45) is 5.12. The van der Waals surface area contributed by atoms with Crippen LogP contribution in [-0.2, 0) is 9.84 Å². The van der Waals surface area contributed by atoms with Gasteiger partial charge in [0.15, 0.2) is 9.84 Å². The number of halogens is 1. The molecule has 0 spiro atoms. The highest BCUT2D eigenvalue weighted by molar-refractivity contribution is 9.10. The molecule has 0 radical (unpaired) electrons. The number of pyridine rings is 1. The van der Waals surface area contributed by atoms with Gasteiger partial charge in [0.1, 0.15) is 10.9 Å². The molecule has 1 atom stereocenters. The van der Waals surface area contributed by atoms with Gasteiger partial charge in [-0.1, -0.05) is 0 Å². The molecule has 0 saturated carbocycles. The number of aromatic nitrogens is 2. The zero-order valence-corrected chi connectivity index (χ0v) is 11.4. The van der Waals surface area contributed by atoms with Gasteiger partial charge in [-0.2, -0.15) is 0 Å². The number of rotatable bonds is 1. The summed E-state index contributed by atoms with van der Waals surface area (Å²) >= 11 is 3.38. The lowest BCUT2D eigenvalue weighted by atomic mass is 10.2. The second-order valence-electron chi connectivity index (χ2n) is 4.28. The van der Waals surface area contributed by atoms with Crippen LogP contribution in [-0.4, -0.2) is 23.6 Å². The van der Waals surface area contributed by atoms with E-state index in [4.69, 9.17) is 0 Å². The van der Waals surface area contributed by atoms with Crippen molar-refractivity contribution >= 4 is 31.4 Å². The molecule has 90 valence electrons. The fraction of sp³-hybridized carbons (Fsp3) is 0.364. The summed E-state index contributed by atoms with van der Waals surface area (Å²) in [4.78, 5) is 4.39. The number of fused-ring (bicyclic) bond motifs is 1. The first kappa shape index (κ1) is 11.2. The topological polar surface area (TPSA) is 51.4 Å². The molecule has 2 aromatic rings. The van der Waals surface area contributed by atoms with Crippen molar-refractivity contribution in [3.63, 3.8) is 0 Å². The highest BCUT2D eigenvalue weighted by Gasteiger charge is 2.34. The number of hydrogen-bond donors (Lipinski definition) is 0. The molecular weight excluding hydrogens is 304 g/mol. The smallest absolute Gasteiger partial charge is 0.158 e. The average molecular weight is 315 g/mol. The quantitative estimate of drug-likeness (QED) is 0.812. The Morgan fingerprint density at radius 3 is 2.88 bits per heavy atom. The molecule has 3 heterocycles. The van der Waals surface area contributed by atoms with Crippen molar-refractivity contribution < 1.29 is 8.42 Å². The van der Waals surface area contributed by atoms with Crippen LogP contribution in [0.15, 0.2) is 29.0 Å². The largest absolute Gasteiger partial charge is 0.306 e. The van der Waals surface area contributed by atoms with Gasteiger partial charge in [-0.3, -0.25) is 0 Å². The Bertz CT molecular complexity index is 678. The van der Waals surface area contributed by atoms with Crippen molar-refractivity contribution in [2.45, 2.75) is 18.1 Å². The van der Waals surface area contributed by atoms with Crippen molar-refractivity contribution in [3.05, 3.63) is 34.7 Å². The Hall–Kier alpha value is -0.880. The third kappa shape index (κ3) is 1.89. The summed E-state index contributed by atoms with van der Waals surface area (Å²) in [7, 11) is -2.99. The van der Waals surface area contributed by atoms with Gasteiger partial charge in [-0.25, -0.2) is 13.4 Å². The summed E-state index contributed by atoms with van der Waals surface area (Å²) < 4.78 is 26.5. The molecule has 3 rings (SSSR count). The van der Waals surface area contributed by atoms with Crippen LogP contribution in [0, 0.1) is 0 Å². The molecule has 6 heteroatoms. The Labute approximate surface area is 108 Å². The van der Waals surface area contributed by atoms with Crippen LogP contribution in [0.1, 0.15) is 23.8 Å². The fourth-order valence-electron chi connectivity index (χ4n) is 2.26. The third-order valence-corrected chi connectivity index (χ3v) is 5.76. The maximum atomic E-state index is 11.8. The molecule has 0 N–H and O–H groups in total. The maximum Gasteiger partial charge on any atom is 0.158 e. The van der Waals surface area contributed by atoms with E-state index >= 15 is 0 Å². The van der Waals surface area contributed by atoms with Gasteiger partial charge in [0, 0.05) is 16.9 Å². The Kier molecular flexibility index (Phi) is 2.52. The van der Waals surface area contributed by atoms with E-state index in [0.29, 0.717) is 12.1 Å². The Balaban J connectivity index is 2.12. The Morgan fingerprint density at radius 1 is 1.35 bits per heavy atom. The predicted octanol–water partition coefficient (Wildman–Crippen LogP) is 2.35. The summed E-state index contributed by atoms with van der Waals surface area (Å²) in [5.41, 5.74) is 1.45. The molecular formula is C11H11BrN2O2S. The van der Waals surface area contributed by atoms with Crippen molar-refractivity contribution in [2.24, 2.45) is 0 Å². The van der Waals surface area contributed by atoms with E-state index < -0.39 is 15.1 Å². The molecule has 1 aliphatic rings. The van der Waals surface area contributed by atoms with E-state index in [1.807, 2.05) is 28.9 Å². The molecule has 1 fully saturated rings. The molecule has 0 aliphatic carbocycles. The van der Waals surface area contributed by atoms with Crippen LogP contribution in [0.4, 0.5) is 0 Å². The van der Waals surface area contributed by atoms with Gasteiger partial charge in [0.05, 0.1) is 11.4 Å². The fourth-order valence-corrected chi connectivity index (χ4v) is 4.48. The summed E-state index contributed by atoms with van der Waals surface area (Å²) in [6, 6.07) is 3.77. The molecule has 1 aliphatic heterocycles. The van der Waals surface area contributed by atoms with E-state index in [1.165, 1.54) is 0 Å². The first-order valence-corrected chi connectivity index (χ1v) is 7.93. The van der Waals surface area contributed by atoms with E-state index in [2.05, 4.69) is 20.9 Å². The van der Waals surface area contributed by atoms with Gasteiger partial charge in [-0.15, -0.1) is 0 Å². The Morgan fingerprint density at radius 2 is 2.18 bits per heavy atom. The standard InChI is InChI=1S/C11H11BrN2O2S/c12-8-3-4-11-13-9(7-14(11)6-8)10-2-1-5-17(10,15)16/h3-4,6-7,10H,1-2,5H2. The second kappa shape index (κ2) is 3.81. The zero-order valence-electron chi connectivity index (χ0n) is 9.01. The number of hydrogen-bond acceptors (Lipinski definition) is 3. The van der Waals surface area contributed by atoms with Gasteiger partial charge in [-0.05, 0) is 40.9 Å². The van der Waals surface area contributed by atoms with E-state index in [0.717, 1.165) is 16.5 Å². The van der Waals surface area contributed by atoms with Crippen LogP contribution in [0.3, 0.4) is 0 Å². The van der Waals surface area contributed by atoms with Crippen LogP contribution in [0.25, 0.3) is 5.65 Å². The van der Waals surface area contributed by atoms with Crippen LogP contribution < -0.4 is 0 Å². The lowest BCUT2D eigenvalue weighted by Crippen LogP contribution is -2.08. The van der Waals surface area contributed by atoms with Gasteiger partial charge in [0.25, 0.3) is 0 Å². The third-order valence-electron chi connectivity index (χ3n) is 3.09. The molecule has 17 heavy (non-hydrogen) atoms. The maximum absolute atomic E-state index is 11.8. The normalized spacial score (nSPS) is 23.2. The number of nitrogens with zero attached hydrogens (tertiary/aromatic N) is 2. The minimum Gasteiger partial charge on any atom is -0.306 e. The molecule has 1 unspecified atom stereocenters. The lowest BCUT2D eigenvalue weighted by molar-refractivity contribution is 0.591. The second-order valence-corrected chi connectivity index (χ2v) is 7.50. The SMILES string of the molecule is O=S1(=O)CCCC1c1cn2cc(Br)ccc2n1. The monoisotopic (exact) mass is 314 g/mol. The first-order chi connectivity index (χ1) is 8.06.